The third kappa shape index (κ3) is 6.27. The van der Waals surface area contributed by atoms with Crippen LogP contribution in [0.5, 0.6) is 0 Å². The molecule has 184 valence electrons. The van der Waals surface area contributed by atoms with Crippen molar-refractivity contribution in [2.45, 2.75) is 13.1 Å². The van der Waals surface area contributed by atoms with Gasteiger partial charge in [-0.05, 0) is 42.8 Å². The molecule has 1 aromatic heterocycles. The van der Waals surface area contributed by atoms with Gasteiger partial charge in [0.15, 0.2) is 0 Å². The van der Waals surface area contributed by atoms with Crippen molar-refractivity contribution in [1.82, 2.24) is 15.6 Å². The molecule has 6 N–H and O–H groups in total. The number of nitrogens with zero attached hydrogens (tertiary/aromatic N) is 1. The number of benzene rings is 2. The third-order valence-corrected chi connectivity index (χ3v) is 5.06. The average molecular weight is 486 g/mol. The highest BCUT2D eigenvalue weighted by Gasteiger charge is 2.34. The number of anilines is 4. The number of carbonyl (C=O) groups is 2. The van der Waals surface area contributed by atoms with Crippen LogP contribution in [-0.4, -0.2) is 36.9 Å². The van der Waals surface area contributed by atoms with E-state index >= 15 is 0 Å². The van der Waals surface area contributed by atoms with Gasteiger partial charge in [0.05, 0.1) is 22.5 Å². The van der Waals surface area contributed by atoms with Gasteiger partial charge in [0.2, 0.25) is 0 Å². The Kier molecular flexibility index (Phi) is 7.92. The number of aryl methyl sites for hydroxylation is 1. The molecule has 0 spiro atoms. The molecule has 0 aliphatic rings. The molecule has 0 aliphatic carbocycles. The fraction of sp³-hybridized carbons (Fsp3) is 0.208. The molecule has 0 unspecified atom stereocenters. The molecule has 2 aromatic carbocycles. The third-order valence-electron chi connectivity index (χ3n) is 5.06. The van der Waals surface area contributed by atoms with Gasteiger partial charge >= 0.3 is 6.18 Å². The van der Waals surface area contributed by atoms with Gasteiger partial charge in [-0.3, -0.25) is 9.59 Å². The second kappa shape index (κ2) is 10.9. The van der Waals surface area contributed by atoms with Crippen LogP contribution in [0, 0.1) is 6.92 Å². The van der Waals surface area contributed by atoms with Crippen molar-refractivity contribution in [3.05, 3.63) is 77.0 Å². The van der Waals surface area contributed by atoms with Crippen LogP contribution in [0.1, 0.15) is 31.8 Å². The fourth-order valence-electron chi connectivity index (χ4n) is 3.29. The predicted octanol–water partition coefficient (Wildman–Crippen LogP) is 3.94. The van der Waals surface area contributed by atoms with Crippen LogP contribution in [0.3, 0.4) is 0 Å². The van der Waals surface area contributed by atoms with Gasteiger partial charge in [-0.2, -0.15) is 13.2 Å². The number of hydrogen-bond donors (Lipinski definition) is 5. The van der Waals surface area contributed by atoms with E-state index in [4.69, 9.17) is 5.73 Å². The lowest BCUT2D eigenvalue weighted by molar-refractivity contribution is -0.137. The maximum absolute atomic E-state index is 13.7. The Morgan fingerprint density at radius 3 is 2.37 bits per heavy atom. The van der Waals surface area contributed by atoms with Crippen molar-refractivity contribution in [1.29, 1.82) is 0 Å². The first-order valence-corrected chi connectivity index (χ1v) is 10.7. The molecule has 0 radical (unpaired) electrons. The fourth-order valence-corrected chi connectivity index (χ4v) is 3.29. The Bertz CT molecular complexity index is 1230. The Morgan fingerprint density at radius 1 is 0.971 bits per heavy atom. The average Bonchev–Trinajstić information content (AvgIpc) is 2.83. The van der Waals surface area contributed by atoms with Crippen LogP contribution in [0.25, 0.3) is 0 Å². The molecule has 0 atom stereocenters. The maximum atomic E-state index is 13.7. The molecule has 0 saturated heterocycles. The Balaban J connectivity index is 1.93. The summed E-state index contributed by atoms with van der Waals surface area (Å²) in [4.78, 5) is 28.2. The van der Waals surface area contributed by atoms with Crippen molar-refractivity contribution in [3.63, 3.8) is 0 Å². The molecule has 3 aromatic rings. The van der Waals surface area contributed by atoms with E-state index in [0.717, 1.165) is 6.20 Å². The molecule has 11 heteroatoms. The van der Waals surface area contributed by atoms with Crippen molar-refractivity contribution in [3.8, 4) is 0 Å². The molecular formula is C24H25F3N6O2. The largest absolute Gasteiger partial charge is 0.419 e. The van der Waals surface area contributed by atoms with E-state index in [1.165, 1.54) is 25.2 Å². The first-order valence-electron chi connectivity index (χ1n) is 10.7. The zero-order valence-corrected chi connectivity index (χ0v) is 19.1. The first kappa shape index (κ1) is 25.5. The van der Waals surface area contributed by atoms with E-state index < -0.39 is 17.6 Å². The summed E-state index contributed by atoms with van der Waals surface area (Å²) in [5.41, 5.74) is 6.20. The summed E-state index contributed by atoms with van der Waals surface area (Å²) in [7, 11) is 1.43. The lowest BCUT2D eigenvalue weighted by Crippen LogP contribution is -2.29. The molecule has 2 amide bonds. The van der Waals surface area contributed by atoms with Crippen LogP contribution < -0.4 is 27.0 Å². The number of aromatic nitrogens is 1. The van der Waals surface area contributed by atoms with Gasteiger partial charge in [0, 0.05) is 43.7 Å². The van der Waals surface area contributed by atoms with Crippen LogP contribution in [0.4, 0.5) is 36.1 Å². The van der Waals surface area contributed by atoms with E-state index in [2.05, 4.69) is 26.3 Å². The number of amides is 2. The van der Waals surface area contributed by atoms with Crippen molar-refractivity contribution < 1.29 is 22.8 Å². The Hall–Kier alpha value is -4.12. The SMILES string of the molecule is CNC(=O)c1ccccc1Nc1cc(Nc2ccc(C(=O)NCCN)cc2C)ncc1C(F)(F)F. The molecular weight excluding hydrogens is 461 g/mol. The summed E-state index contributed by atoms with van der Waals surface area (Å²) in [6.45, 7) is 2.41. The van der Waals surface area contributed by atoms with E-state index in [-0.39, 0.29) is 28.7 Å². The van der Waals surface area contributed by atoms with Crippen LogP contribution in [0.15, 0.2) is 54.7 Å². The highest BCUT2D eigenvalue weighted by atomic mass is 19.4. The number of halogens is 3. The highest BCUT2D eigenvalue weighted by molar-refractivity contribution is 6.00. The normalized spacial score (nSPS) is 11.0. The summed E-state index contributed by atoms with van der Waals surface area (Å²) in [5.74, 6) is -0.583. The number of para-hydroxylation sites is 1. The molecule has 0 bridgehead atoms. The minimum atomic E-state index is -4.68. The highest BCUT2D eigenvalue weighted by Crippen LogP contribution is 2.37. The smallest absolute Gasteiger partial charge is 0.355 e. The van der Waals surface area contributed by atoms with Crippen LogP contribution in [0.2, 0.25) is 0 Å². The predicted molar refractivity (Wildman–Crippen MR) is 128 cm³/mol. The maximum Gasteiger partial charge on any atom is 0.419 e. The van der Waals surface area contributed by atoms with Crippen molar-refractivity contribution in [2.75, 3.05) is 30.8 Å². The van der Waals surface area contributed by atoms with Crippen LogP contribution in [-0.2, 0) is 6.18 Å². The van der Waals surface area contributed by atoms with E-state index in [9.17, 15) is 22.8 Å². The number of alkyl halides is 3. The van der Waals surface area contributed by atoms with E-state index in [1.54, 1.807) is 37.3 Å². The number of rotatable bonds is 8. The second-order valence-electron chi connectivity index (χ2n) is 7.56. The molecule has 0 saturated carbocycles. The number of hydrogen-bond acceptors (Lipinski definition) is 6. The van der Waals surface area contributed by atoms with Gasteiger partial charge in [0.1, 0.15) is 5.82 Å². The molecule has 1 heterocycles. The summed E-state index contributed by atoms with van der Waals surface area (Å²) in [5, 5.41) is 10.8. The summed E-state index contributed by atoms with van der Waals surface area (Å²) >= 11 is 0. The minimum Gasteiger partial charge on any atom is -0.355 e. The number of carbonyl (C=O) groups excluding carboxylic acids is 2. The minimum absolute atomic E-state index is 0.140. The topological polar surface area (TPSA) is 121 Å². The lowest BCUT2D eigenvalue weighted by atomic mass is 10.1. The number of nitrogens with one attached hydrogen (secondary N) is 4. The standard InChI is InChI=1S/C24H25F3N6O2/c1-14-11-15(22(34)30-10-9-28)7-8-18(14)33-21-12-20(17(13-31-21)24(25,26)27)32-19-6-4-3-5-16(19)23(35)29-2/h3-8,11-13H,9-10,28H2,1-2H3,(H,29,35)(H,30,34)(H2,31,32,33). The lowest BCUT2D eigenvalue weighted by Gasteiger charge is -2.18. The van der Waals surface area contributed by atoms with Crippen LogP contribution >= 0.6 is 0 Å². The van der Waals surface area contributed by atoms with Gasteiger partial charge in [0.25, 0.3) is 11.8 Å². The monoisotopic (exact) mass is 486 g/mol. The summed E-state index contributed by atoms with van der Waals surface area (Å²) < 4.78 is 41.0. The molecule has 0 aliphatic heterocycles. The van der Waals surface area contributed by atoms with E-state index in [0.29, 0.717) is 29.9 Å². The van der Waals surface area contributed by atoms with Gasteiger partial charge in [-0.15, -0.1) is 0 Å². The van der Waals surface area contributed by atoms with Crippen molar-refractivity contribution in [2.24, 2.45) is 5.73 Å². The summed E-state index contributed by atoms with van der Waals surface area (Å²) in [6, 6.07) is 12.3. The van der Waals surface area contributed by atoms with Gasteiger partial charge in [-0.25, -0.2) is 4.98 Å². The summed E-state index contributed by atoms with van der Waals surface area (Å²) in [6.07, 6.45) is -3.96. The zero-order chi connectivity index (χ0) is 25.6. The first-order chi connectivity index (χ1) is 16.6. The zero-order valence-electron chi connectivity index (χ0n) is 19.1. The van der Waals surface area contributed by atoms with Gasteiger partial charge in [-0.1, -0.05) is 12.1 Å². The van der Waals surface area contributed by atoms with Gasteiger partial charge < -0.3 is 27.0 Å². The van der Waals surface area contributed by atoms with E-state index in [1.807, 2.05) is 0 Å². The number of pyridine rings is 1. The quantitative estimate of drug-likeness (QED) is 0.329. The van der Waals surface area contributed by atoms with Crippen molar-refractivity contribution >= 4 is 34.7 Å². The number of nitrogens with two attached hydrogens (primary N) is 1. The molecule has 0 fully saturated rings. The molecule has 35 heavy (non-hydrogen) atoms. The Labute approximate surface area is 200 Å². The second-order valence-corrected chi connectivity index (χ2v) is 7.56. The molecule has 8 nitrogen and oxygen atoms in total. The molecule has 3 rings (SSSR count). The Morgan fingerprint density at radius 2 is 1.71 bits per heavy atom.